The van der Waals surface area contributed by atoms with Crippen LogP contribution in [0.25, 0.3) is 0 Å². The summed E-state index contributed by atoms with van der Waals surface area (Å²) in [5.41, 5.74) is 6.84. The van der Waals surface area contributed by atoms with Crippen LogP contribution in [0, 0.1) is 5.92 Å². The van der Waals surface area contributed by atoms with Crippen molar-refractivity contribution in [2.75, 3.05) is 0 Å². The molecular formula is C13H20ClNO2. The number of para-hydroxylation sites is 1. The van der Waals surface area contributed by atoms with Gasteiger partial charge in [0.25, 0.3) is 0 Å². The molecule has 0 unspecified atom stereocenters. The number of benzene rings is 1. The molecule has 1 aromatic rings. The van der Waals surface area contributed by atoms with Gasteiger partial charge in [0.05, 0.1) is 0 Å². The van der Waals surface area contributed by atoms with Gasteiger partial charge in [-0.05, 0) is 24.8 Å². The largest absolute Gasteiger partial charge is 0.504 e. The Kier molecular flexibility index (Phi) is 5.09. The molecule has 4 heteroatoms. The molecule has 1 aliphatic carbocycles. The highest BCUT2D eigenvalue weighted by Gasteiger charge is 2.24. The van der Waals surface area contributed by atoms with Gasteiger partial charge in [0, 0.05) is 11.6 Å². The Morgan fingerprint density at radius 2 is 1.76 bits per heavy atom. The molecule has 0 bridgehead atoms. The number of phenolic OH excluding ortho intramolecular Hbond substituents is 2. The Hall–Kier alpha value is -0.930. The lowest BCUT2D eigenvalue weighted by Gasteiger charge is -2.28. The van der Waals surface area contributed by atoms with Crippen LogP contribution in [-0.2, 0) is 0 Å². The number of nitrogens with two attached hydrogens (primary N) is 1. The molecule has 96 valence electrons. The molecule has 0 aliphatic heterocycles. The molecule has 0 saturated heterocycles. The molecule has 2 rings (SSSR count). The quantitative estimate of drug-likeness (QED) is 0.714. The van der Waals surface area contributed by atoms with Crippen LogP contribution >= 0.6 is 12.4 Å². The van der Waals surface area contributed by atoms with Crippen LogP contribution in [0.5, 0.6) is 11.5 Å². The number of hydrogen-bond donors (Lipinski definition) is 3. The molecule has 1 aromatic carbocycles. The van der Waals surface area contributed by atoms with Gasteiger partial charge in [0.15, 0.2) is 11.5 Å². The van der Waals surface area contributed by atoms with E-state index in [2.05, 4.69) is 0 Å². The van der Waals surface area contributed by atoms with Crippen LogP contribution in [0.1, 0.15) is 43.7 Å². The summed E-state index contributed by atoms with van der Waals surface area (Å²) in [6.07, 6.45) is 5.97. The zero-order valence-corrected chi connectivity index (χ0v) is 10.6. The van der Waals surface area contributed by atoms with Crippen LogP contribution in [0.4, 0.5) is 0 Å². The first-order chi connectivity index (χ1) is 7.70. The molecule has 0 spiro atoms. The van der Waals surface area contributed by atoms with Crippen molar-refractivity contribution in [2.24, 2.45) is 11.7 Å². The summed E-state index contributed by atoms with van der Waals surface area (Å²) in [5.74, 6) is 0.297. The van der Waals surface area contributed by atoms with Gasteiger partial charge >= 0.3 is 0 Å². The van der Waals surface area contributed by atoms with E-state index in [1.165, 1.54) is 25.3 Å². The fourth-order valence-corrected chi connectivity index (χ4v) is 2.56. The number of aromatic hydroxyl groups is 2. The van der Waals surface area contributed by atoms with Crippen molar-refractivity contribution in [3.63, 3.8) is 0 Å². The minimum absolute atomic E-state index is 0. The van der Waals surface area contributed by atoms with Gasteiger partial charge in [-0.1, -0.05) is 31.4 Å². The summed E-state index contributed by atoms with van der Waals surface area (Å²) < 4.78 is 0. The molecule has 1 atom stereocenters. The van der Waals surface area contributed by atoms with Crippen molar-refractivity contribution < 1.29 is 10.2 Å². The summed E-state index contributed by atoms with van der Waals surface area (Å²) in [6, 6.07) is 4.85. The molecule has 3 nitrogen and oxygen atoms in total. The molecular weight excluding hydrogens is 238 g/mol. The number of hydrogen-bond acceptors (Lipinski definition) is 3. The fourth-order valence-electron chi connectivity index (χ4n) is 2.56. The molecule has 1 saturated carbocycles. The van der Waals surface area contributed by atoms with E-state index in [-0.39, 0.29) is 29.9 Å². The first kappa shape index (κ1) is 14.1. The average Bonchev–Trinajstić information content (AvgIpc) is 2.33. The molecule has 0 heterocycles. The highest BCUT2D eigenvalue weighted by molar-refractivity contribution is 5.85. The highest BCUT2D eigenvalue weighted by atomic mass is 35.5. The maximum absolute atomic E-state index is 9.77. The van der Waals surface area contributed by atoms with Gasteiger partial charge in [-0.15, -0.1) is 12.4 Å². The van der Waals surface area contributed by atoms with Crippen molar-refractivity contribution in [2.45, 2.75) is 38.1 Å². The summed E-state index contributed by atoms with van der Waals surface area (Å²) in [4.78, 5) is 0. The molecule has 0 aromatic heterocycles. The van der Waals surface area contributed by atoms with Crippen molar-refractivity contribution >= 4 is 12.4 Å². The predicted octanol–water partition coefficient (Wildman–Crippen LogP) is 3.10. The Balaban J connectivity index is 0.00000144. The average molecular weight is 258 g/mol. The fraction of sp³-hybridized carbons (Fsp3) is 0.538. The molecule has 1 fully saturated rings. The zero-order chi connectivity index (χ0) is 11.5. The number of rotatable bonds is 2. The standard InChI is InChI=1S/C13H19NO2.ClH/c14-12(9-5-2-1-3-6-9)10-7-4-8-11(15)13(10)16;/h4,7-9,12,15-16H,1-3,5-6,14H2;1H/t12-;/m0./s1. The maximum Gasteiger partial charge on any atom is 0.162 e. The van der Waals surface area contributed by atoms with Crippen LogP contribution < -0.4 is 5.73 Å². The second kappa shape index (κ2) is 6.12. The second-order valence-electron chi connectivity index (χ2n) is 4.64. The third-order valence-corrected chi connectivity index (χ3v) is 3.56. The molecule has 0 amide bonds. The van der Waals surface area contributed by atoms with Gasteiger partial charge < -0.3 is 15.9 Å². The number of phenols is 2. The Bertz CT molecular complexity index is 364. The Morgan fingerprint density at radius 3 is 2.41 bits per heavy atom. The maximum atomic E-state index is 9.77. The van der Waals surface area contributed by atoms with E-state index in [4.69, 9.17) is 5.73 Å². The smallest absolute Gasteiger partial charge is 0.162 e. The topological polar surface area (TPSA) is 66.5 Å². The predicted molar refractivity (Wildman–Crippen MR) is 70.5 cm³/mol. The van der Waals surface area contributed by atoms with Crippen molar-refractivity contribution in [3.8, 4) is 11.5 Å². The summed E-state index contributed by atoms with van der Waals surface area (Å²) in [6.45, 7) is 0. The van der Waals surface area contributed by atoms with E-state index >= 15 is 0 Å². The SMILES string of the molecule is Cl.N[C@H](c1cccc(O)c1O)C1CCCCC1. The van der Waals surface area contributed by atoms with E-state index in [0.29, 0.717) is 11.5 Å². The molecule has 0 radical (unpaired) electrons. The van der Waals surface area contributed by atoms with E-state index < -0.39 is 0 Å². The van der Waals surface area contributed by atoms with E-state index in [1.807, 2.05) is 0 Å². The van der Waals surface area contributed by atoms with Gasteiger partial charge in [0.1, 0.15) is 0 Å². The zero-order valence-electron chi connectivity index (χ0n) is 9.80. The first-order valence-electron chi connectivity index (χ1n) is 5.96. The van der Waals surface area contributed by atoms with Gasteiger partial charge in [-0.3, -0.25) is 0 Å². The van der Waals surface area contributed by atoms with Gasteiger partial charge in [-0.25, -0.2) is 0 Å². The van der Waals surface area contributed by atoms with Crippen LogP contribution in [-0.4, -0.2) is 10.2 Å². The lowest BCUT2D eigenvalue weighted by molar-refractivity contribution is 0.300. The minimum Gasteiger partial charge on any atom is -0.504 e. The Morgan fingerprint density at radius 1 is 1.12 bits per heavy atom. The van der Waals surface area contributed by atoms with Crippen LogP contribution in [0.3, 0.4) is 0 Å². The Labute approximate surface area is 108 Å². The van der Waals surface area contributed by atoms with E-state index in [1.54, 1.807) is 12.1 Å². The highest BCUT2D eigenvalue weighted by Crippen LogP contribution is 2.39. The molecule has 1 aliphatic rings. The van der Waals surface area contributed by atoms with Crippen LogP contribution in [0.15, 0.2) is 18.2 Å². The lowest BCUT2D eigenvalue weighted by Crippen LogP contribution is -2.23. The van der Waals surface area contributed by atoms with Gasteiger partial charge in [-0.2, -0.15) is 0 Å². The van der Waals surface area contributed by atoms with E-state index in [0.717, 1.165) is 12.8 Å². The summed E-state index contributed by atoms with van der Waals surface area (Å²) >= 11 is 0. The van der Waals surface area contributed by atoms with Crippen molar-refractivity contribution in [1.82, 2.24) is 0 Å². The summed E-state index contributed by atoms with van der Waals surface area (Å²) in [7, 11) is 0. The normalized spacial score (nSPS) is 18.4. The van der Waals surface area contributed by atoms with E-state index in [9.17, 15) is 10.2 Å². The lowest BCUT2D eigenvalue weighted by atomic mass is 9.81. The van der Waals surface area contributed by atoms with Crippen LogP contribution in [0.2, 0.25) is 0 Å². The summed E-state index contributed by atoms with van der Waals surface area (Å²) in [5, 5.41) is 19.2. The molecule has 4 N–H and O–H groups in total. The van der Waals surface area contributed by atoms with Crippen molar-refractivity contribution in [1.29, 1.82) is 0 Å². The first-order valence-corrected chi connectivity index (χ1v) is 5.96. The number of halogens is 1. The monoisotopic (exact) mass is 257 g/mol. The third-order valence-electron chi connectivity index (χ3n) is 3.56. The van der Waals surface area contributed by atoms with Gasteiger partial charge in [0.2, 0.25) is 0 Å². The van der Waals surface area contributed by atoms with Crippen molar-refractivity contribution in [3.05, 3.63) is 23.8 Å². The molecule has 17 heavy (non-hydrogen) atoms. The third kappa shape index (κ3) is 3.05. The minimum atomic E-state index is -0.160. The second-order valence-corrected chi connectivity index (χ2v) is 4.64.